The van der Waals surface area contributed by atoms with Crippen molar-refractivity contribution in [2.75, 3.05) is 13.1 Å². The number of aromatic nitrogens is 3. The first-order chi connectivity index (χ1) is 15.4. The van der Waals surface area contributed by atoms with Gasteiger partial charge >= 0.3 is 0 Å². The minimum Gasteiger partial charge on any atom is -0.351 e. The van der Waals surface area contributed by atoms with Crippen molar-refractivity contribution in [3.8, 4) is 5.69 Å². The number of amides is 2. The molecule has 0 radical (unpaired) electrons. The molecule has 2 amide bonds. The van der Waals surface area contributed by atoms with Gasteiger partial charge < -0.3 is 10.2 Å². The monoisotopic (exact) mass is 435 g/mol. The highest BCUT2D eigenvalue weighted by Gasteiger charge is 2.27. The van der Waals surface area contributed by atoms with Crippen molar-refractivity contribution in [2.45, 2.75) is 26.3 Å². The zero-order valence-corrected chi connectivity index (χ0v) is 17.5. The molecule has 1 aliphatic rings. The van der Waals surface area contributed by atoms with Gasteiger partial charge in [0.05, 0.1) is 5.69 Å². The molecule has 0 bridgehead atoms. The molecule has 0 spiro atoms. The van der Waals surface area contributed by atoms with Crippen LogP contribution < -0.4 is 10.9 Å². The van der Waals surface area contributed by atoms with E-state index in [1.54, 1.807) is 29.7 Å². The maximum atomic E-state index is 13.4. The molecule has 1 aromatic carbocycles. The summed E-state index contributed by atoms with van der Waals surface area (Å²) in [6.45, 7) is 2.51. The summed E-state index contributed by atoms with van der Waals surface area (Å²) in [5, 5.41) is 2.80. The summed E-state index contributed by atoms with van der Waals surface area (Å²) >= 11 is 0. The Morgan fingerprint density at radius 3 is 2.66 bits per heavy atom. The number of rotatable bonds is 5. The van der Waals surface area contributed by atoms with Crippen LogP contribution in [0.15, 0.2) is 53.8 Å². The predicted octanol–water partition coefficient (Wildman–Crippen LogP) is 1.64. The molecule has 0 aliphatic carbocycles. The number of halogens is 1. The van der Waals surface area contributed by atoms with E-state index in [1.165, 1.54) is 35.8 Å². The van der Waals surface area contributed by atoms with Gasteiger partial charge in [-0.15, -0.1) is 0 Å². The van der Waals surface area contributed by atoms with Crippen molar-refractivity contribution in [3.05, 3.63) is 87.6 Å². The van der Waals surface area contributed by atoms with E-state index in [0.29, 0.717) is 37.2 Å². The second-order valence-corrected chi connectivity index (χ2v) is 7.55. The quantitative estimate of drug-likeness (QED) is 0.657. The van der Waals surface area contributed by atoms with E-state index in [1.807, 2.05) is 0 Å². The molecule has 1 aliphatic heterocycles. The van der Waals surface area contributed by atoms with Crippen LogP contribution in [0, 0.1) is 5.82 Å². The van der Waals surface area contributed by atoms with Crippen LogP contribution >= 0.6 is 0 Å². The maximum absolute atomic E-state index is 13.4. The van der Waals surface area contributed by atoms with E-state index < -0.39 is 17.3 Å². The summed E-state index contributed by atoms with van der Waals surface area (Å²) in [4.78, 5) is 48.1. The van der Waals surface area contributed by atoms with E-state index in [2.05, 4.69) is 15.3 Å². The molecule has 2 aromatic heterocycles. The molecule has 0 atom stereocenters. The molecule has 0 fully saturated rings. The molecule has 0 saturated heterocycles. The average Bonchev–Trinajstić information content (AvgIpc) is 2.79. The van der Waals surface area contributed by atoms with E-state index in [-0.39, 0.29) is 18.0 Å². The number of nitrogens with one attached hydrogen (secondary N) is 1. The Bertz CT molecular complexity index is 1210. The standard InChI is InChI=1S/C23H22FN5O3/c1-15(30)28-11-7-20-16(13-28)14-29(19-4-2-17(24)3-5-19)23(32)21(20)22(31)27-8-6-18-12-25-9-10-26-18/h2-5,9-10,12,14H,6-8,11,13H2,1H3,(H,27,31). The molecule has 4 rings (SSSR count). The van der Waals surface area contributed by atoms with Crippen molar-refractivity contribution >= 4 is 11.8 Å². The molecule has 3 heterocycles. The summed E-state index contributed by atoms with van der Waals surface area (Å²) in [5.74, 6) is -0.988. The van der Waals surface area contributed by atoms with E-state index in [9.17, 15) is 18.8 Å². The fourth-order valence-electron chi connectivity index (χ4n) is 3.80. The predicted molar refractivity (Wildman–Crippen MR) is 115 cm³/mol. The molecule has 1 N–H and O–H groups in total. The van der Waals surface area contributed by atoms with Gasteiger partial charge in [0.15, 0.2) is 0 Å². The van der Waals surface area contributed by atoms with E-state index in [0.717, 1.165) is 11.3 Å². The molecule has 0 unspecified atom stereocenters. The third kappa shape index (κ3) is 4.41. The third-order valence-electron chi connectivity index (χ3n) is 5.46. The number of fused-ring (bicyclic) bond motifs is 1. The Hall–Kier alpha value is -3.88. The number of benzene rings is 1. The molecule has 8 nitrogen and oxygen atoms in total. The highest BCUT2D eigenvalue weighted by atomic mass is 19.1. The molecule has 9 heteroatoms. The largest absolute Gasteiger partial charge is 0.351 e. The lowest BCUT2D eigenvalue weighted by atomic mass is 9.95. The van der Waals surface area contributed by atoms with Crippen molar-refractivity contribution in [3.63, 3.8) is 0 Å². The van der Waals surface area contributed by atoms with Gasteiger partial charge in [0.1, 0.15) is 11.4 Å². The third-order valence-corrected chi connectivity index (χ3v) is 5.46. The Morgan fingerprint density at radius 1 is 1.19 bits per heavy atom. The minimum absolute atomic E-state index is 0.0502. The Balaban J connectivity index is 1.69. The highest BCUT2D eigenvalue weighted by molar-refractivity contribution is 5.96. The topological polar surface area (TPSA) is 97.2 Å². The van der Waals surface area contributed by atoms with Crippen LogP contribution in [0.5, 0.6) is 0 Å². The Kier molecular flexibility index (Phi) is 6.07. The summed E-state index contributed by atoms with van der Waals surface area (Å²) in [6.07, 6.45) is 7.28. The second kappa shape index (κ2) is 9.09. The fraction of sp³-hybridized carbons (Fsp3) is 0.261. The van der Waals surface area contributed by atoms with Gasteiger partial charge in [-0.1, -0.05) is 0 Å². The lowest BCUT2D eigenvalue weighted by Crippen LogP contribution is -2.40. The number of pyridine rings is 1. The van der Waals surface area contributed by atoms with Gasteiger partial charge in [-0.05, 0) is 41.8 Å². The minimum atomic E-state index is -0.483. The lowest BCUT2D eigenvalue weighted by molar-refractivity contribution is -0.129. The normalized spacial score (nSPS) is 12.9. The van der Waals surface area contributed by atoms with E-state index in [4.69, 9.17) is 0 Å². The molecule has 32 heavy (non-hydrogen) atoms. The molecule has 164 valence electrons. The first-order valence-electron chi connectivity index (χ1n) is 10.3. The van der Waals surface area contributed by atoms with Crippen LogP contribution in [0.25, 0.3) is 5.69 Å². The fourth-order valence-corrected chi connectivity index (χ4v) is 3.80. The van der Waals surface area contributed by atoms with Crippen LogP contribution in [0.4, 0.5) is 4.39 Å². The van der Waals surface area contributed by atoms with Crippen molar-refractivity contribution in [1.82, 2.24) is 24.8 Å². The van der Waals surface area contributed by atoms with Gasteiger partial charge in [0.2, 0.25) is 5.91 Å². The van der Waals surface area contributed by atoms with E-state index >= 15 is 0 Å². The molecule has 3 aromatic rings. The number of carbonyl (C=O) groups is 2. The zero-order valence-electron chi connectivity index (χ0n) is 17.5. The number of hydrogen-bond donors (Lipinski definition) is 1. The van der Waals surface area contributed by atoms with Crippen LogP contribution in [0.1, 0.15) is 34.1 Å². The Morgan fingerprint density at radius 2 is 1.97 bits per heavy atom. The van der Waals surface area contributed by atoms with Gasteiger partial charge in [0, 0.05) is 63.5 Å². The first kappa shape index (κ1) is 21.4. The second-order valence-electron chi connectivity index (χ2n) is 7.55. The summed E-state index contributed by atoms with van der Waals surface area (Å²) in [5.41, 5.74) is 2.09. The van der Waals surface area contributed by atoms with Crippen LogP contribution in [0.2, 0.25) is 0 Å². The smallest absolute Gasteiger partial charge is 0.268 e. The summed E-state index contributed by atoms with van der Waals surface area (Å²) in [6, 6.07) is 5.46. The Labute approximate surface area is 183 Å². The van der Waals surface area contributed by atoms with Crippen LogP contribution in [-0.4, -0.2) is 44.3 Å². The van der Waals surface area contributed by atoms with Crippen LogP contribution in [0.3, 0.4) is 0 Å². The lowest BCUT2D eigenvalue weighted by Gasteiger charge is -2.29. The van der Waals surface area contributed by atoms with Crippen molar-refractivity contribution in [2.24, 2.45) is 0 Å². The summed E-state index contributed by atoms with van der Waals surface area (Å²) in [7, 11) is 0. The van der Waals surface area contributed by atoms with Crippen molar-refractivity contribution in [1.29, 1.82) is 0 Å². The molecule has 0 saturated carbocycles. The maximum Gasteiger partial charge on any atom is 0.268 e. The average molecular weight is 435 g/mol. The SMILES string of the molecule is CC(=O)N1CCc2c(cn(-c3ccc(F)cc3)c(=O)c2C(=O)NCCc2cnccn2)C1. The highest BCUT2D eigenvalue weighted by Crippen LogP contribution is 2.22. The number of carbonyl (C=O) groups excluding carboxylic acids is 2. The molecular weight excluding hydrogens is 413 g/mol. The van der Waals surface area contributed by atoms with Crippen LogP contribution in [-0.2, 0) is 24.2 Å². The number of nitrogens with zero attached hydrogens (tertiary/aromatic N) is 4. The first-order valence-corrected chi connectivity index (χ1v) is 10.3. The van der Waals surface area contributed by atoms with Gasteiger partial charge in [-0.25, -0.2) is 4.39 Å². The molecular formula is C23H22FN5O3. The van der Waals surface area contributed by atoms with Gasteiger partial charge in [-0.3, -0.25) is 28.9 Å². The number of hydrogen-bond acceptors (Lipinski definition) is 5. The van der Waals surface area contributed by atoms with Gasteiger partial charge in [0.25, 0.3) is 11.5 Å². The van der Waals surface area contributed by atoms with Gasteiger partial charge in [-0.2, -0.15) is 0 Å². The zero-order chi connectivity index (χ0) is 22.7. The van der Waals surface area contributed by atoms with Crippen molar-refractivity contribution < 1.29 is 14.0 Å². The summed E-state index contributed by atoms with van der Waals surface area (Å²) < 4.78 is 14.7.